The molecule has 0 aliphatic carbocycles. The summed E-state index contributed by atoms with van der Waals surface area (Å²) in [5.74, 6) is 0.223. The molecular weight excluding hydrogens is 262 g/mol. The minimum absolute atomic E-state index is 0.117. The molecule has 1 aromatic carbocycles. The van der Waals surface area contributed by atoms with Gasteiger partial charge in [0.05, 0.1) is 9.93 Å². The standard InChI is InChI=1S/C13H15N3O2S/c1-9-3-4-11(12(7-9)16(17)18)15-8-10(2)13-14-5-6-19-13/h3-7,10,15H,8H2,1-2H3. The number of hydrogen-bond acceptors (Lipinski definition) is 5. The SMILES string of the molecule is Cc1ccc(NCC(C)c2nccs2)c([N+](=O)[O-])c1. The molecule has 0 aliphatic rings. The fourth-order valence-corrected chi connectivity index (χ4v) is 2.47. The first kappa shape index (κ1) is 13.5. The maximum atomic E-state index is 11.0. The van der Waals surface area contributed by atoms with Gasteiger partial charge in [-0.25, -0.2) is 4.98 Å². The molecule has 19 heavy (non-hydrogen) atoms. The fraction of sp³-hybridized carbons (Fsp3) is 0.308. The average molecular weight is 277 g/mol. The third-order valence-corrected chi connectivity index (χ3v) is 3.83. The lowest BCUT2D eigenvalue weighted by Crippen LogP contribution is -2.10. The summed E-state index contributed by atoms with van der Waals surface area (Å²) in [6.07, 6.45) is 1.77. The number of nitro benzene ring substituents is 1. The van der Waals surface area contributed by atoms with Gasteiger partial charge in [-0.2, -0.15) is 0 Å². The van der Waals surface area contributed by atoms with Gasteiger partial charge < -0.3 is 5.32 Å². The Labute approximate surface area is 115 Å². The number of benzene rings is 1. The first-order valence-electron chi connectivity index (χ1n) is 5.96. The van der Waals surface area contributed by atoms with E-state index < -0.39 is 0 Å². The smallest absolute Gasteiger partial charge is 0.292 e. The van der Waals surface area contributed by atoms with E-state index in [1.807, 2.05) is 25.3 Å². The summed E-state index contributed by atoms with van der Waals surface area (Å²) >= 11 is 1.59. The molecule has 1 N–H and O–H groups in total. The van der Waals surface area contributed by atoms with Gasteiger partial charge in [-0.15, -0.1) is 11.3 Å². The second-order valence-corrected chi connectivity index (χ2v) is 5.36. The Morgan fingerprint density at radius 1 is 1.53 bits per heavy atom. The molecular formula is C13H15N3O2S. The molecule has 0 aliphatic heterocycles. The van der Waals surface area contributed by atoms with Crippen molar-refractivity contribution in [3.63, 3.8) is 0 Å². The van der Waals surface area contributed by atoms with Crippen LogP contribution in [0.3, 0.4) is 0 Å². The van der Waals surface area contributed by atoms with Crippen molar-refractivity contribution in [2.24, 2.45) is 0 Å². The minimum Gasteiger partial charge on any atom is -0.379 e. The van der Waals surface area contributed by atoms with E-state index in [9.17, 15) is 10.1 Å². The molecule has 0 amide bonds. The Balaban J connectivity index is 2.09. The summed E-state index contributed by atoms with van der Waals surface area (Å²) in [5.41, 5.74) is 1.55. The number of nitrogens with zero attached hydrogens (tertiary/aromatic N) is 2. The van der Waals surface area contributed by atoms with Gasteiger partial charge in [0.2, 0.25) is 0 Å². The number of nitro groups is 1. The molecule has 1 atom stereocenters. The molecule has 0 spiro atoms. The lowest BCUT2D eigenvalue weighted by Gasteiger charge is -2.11. The average Bonchev–Trinajstić information content (AvgIpc) is 2.90. The molecule has 0 fully saturated rings. The number of anilines is 1. The highest BCUT2D eigenvalue weighted by Crippen LogP contribution is 2.26. The Morgan fingerprint density at radius 2 is 2.32 bits per heavy atom. The fourth-order valence-electron chi connectivity index (χ4n) is 1.77. The first-order chi connectivity index (χ1) is 9.08. The normalized spacial score (nSPS) is 12.1. The molecule has 1 aromatic heterocycles. The van der Waals surface area contributed by atoms with Crippen LogP contribution in [0, 0.1) is 17.0 Å². The number of aromatic nitrogens is 1. The Hall–Kier alpha value is -1.95. The Kier molecular flexibility index (Phi) is 4.11. The summed E-state index contributed by atoms with van der Waals surface area (Å²) in [6, 6.07) is 5.20. The molecule has 2 aromatic rings. The highest BCUT2D eigenvalue weighted by atomic mass is 32.1. The van der Waals surface area contributed by atoms with E-state index >= 15 is 0 Å². The zero-order chi connectivity index (χ0) is 13.8. The zero-order valence-corrected chi connectivity index (χ0v) is 11.6. The van der Waals surface area contributed by atoms with Gasteiger partial charge in [-0.05, 0) is 18.6 Å². The molecule has 0 radical (unpaired) electrons. The van der Waals surface area contributed by atoms with Crippen LogP contribution in [0.1, 0.15) is 23.4 Å². The molecule has 0 saturated heterocycles. The van der Waals surface area contributed by atoms with Crippen LogP contribution < -0.4 is 5.32 Å². The van der Waals surface area contributed by atoms with Crippen LogP contribution in [0.15, 0.2) is 29.8 Å². The number of rotatable bonds is 5. The van der Waals surface area contributed by atoms with Crippen molar-refractivity contribution >= 4 is 22.7 Å². The van der Waals surface area contributed by atoms with Crippen LogP contribution >= 0.6 is 11.3 Å². The molecule has 5 nitrogen and oxygen atoms in total. The summed E-state index contributed by atoms with van der Waals surface area (Å²) in [5, 5.41) is 17.1. The summed E-state index contributed by atoms with van der Waals surface area (Å²) < 4.78 is 0. The number of thiazole rings is 1. The van der Waals surface area contributed by atoms with E-state index in [-0.39, 0.29) is 16.5 Å². The number of hydrogen-bond donors (Lipinski definition) is 1. The lowest BCUT2D eigenvalue weighted by molar-refractivity contribution is -0.384. The largest absolute Gasteiger partial charge is 0.379 e. The third-order valence-electron chi connectivity index (χ3n) is 2.82. The lowest BCUT2D eigenvalue weighted by atomic mass is 10.1. The number of aryl methyl sites for hydroxylation is 1. The monoisotopic (exact) mass is 277 g/mol. The third kappa shape index (κ3) is 3.29. The van der Waals surface area contributed by atoms with E-state index in [4.69, 9.17) is 0 Å². The van der Waals surface area contributed by atoms with E-state index in [1.165, 1.54) is 0 Å². The van der Waals surface area contributed by atoms with Crippen molar-refractivity contribution < 1.29 is 4.92 Å². The van der Waals surface area contributed by atoms with Crippen molar-refractivity contribution in [3.8, 4) is 0 Å². The second-order valence-electron chi connectivity index (χ2n) is 4.43. The van der Waals surface area contributed by atoms with Gasteiger partial charge in [-0.1, -0.05) is 13.0 Å². The summed E-state index contributed by atoms with van der Waals surface area (Å²) in [6.45, 7) is 4.51. The van der Waals surface area contributed by atoms with Gasteiger partial charge in [0.25, 0.3) is 5.69 Å². The second kappa shape index (κ2) is 5.79. The van der Waals surface area contributed by atoms with Crippen LogP contribution in [0.25, 0.3) is 0 Å². The molecule has 1 unspecified atom stereocenters. The summed E-state index contributed by atoms with van der Waals surface area (Å²) in [4.78, 5) is 14.9. The molecule has 100 valence electrons. The molecule has 2 rings (SSSR count). The van der Waals surface area contributed by atoms with E-state index in [0.717, 1.165) is 10.6 Å². The molecule has 0 saturated carbocycles. The van der Waals surface area contributed by atoms with Gasteiger partial charge in [0, 0.05) is 30.1 Å². The van der Waals surface area contributed by atoms with Gasteiger partial charge in [-0.3, -0.25) is 10.1 Å². The topological polar surface area (TPSA) is 68.1 Å². The predicted molar refractivity (Wildman–Crippen MR) is 76.9 cm³/mol. The Bertz CT molecular complexity index is 569. The molecule has 1 heterocycles. The number of nitrogens with one attached hydrogen (secondary N) is 1. The van der Waals surface area contributed by atoms with Gasteiger partial charge in [0.1, 0.15) is 5.69 Å². The van der Waals surface area contributed by atoms with Crippen molar-refractivity contribution in [1.82, 2.24) is 4.98 Å². The molecule has 6 heteroatoms. The van der Waals surface area contributed by atoms with Crippen molar-refractivity contribution in [2.45, 2.75) is 19.8 Å². The van der Waals surface area contributed by atoms with Gasteiger partial charge >= 0.3 is 0 Å². The van der Waals surface area contributed by atoms with Crippen LogP contribution in [0.4, 0.5) is 11.4 Å². The first-order valence-corrected chi connectivity index (χ1v) is 6.84. The quantitative estimate of drug-likeness (QED) is 0.670. The van der Waals surface area contributed by atoms with Crippen LogP contribution in [0.5, 0.6) is 0 Å². The minimum atomic E-state index is -0.358. The molecule has 0 bridgehead atoms. The zero-order valence-electron chi connectivity index (χ0n) is 10.8. The maximum absolute atomic E-state index is 11.0. The summed E-state index contributed by atoms with van der Waals surface area (Å²) in [7, 11) is 0. The van der Waals surface area contributed by atoms with E-state index in [2.05, 4.69) is 10.3 Å². The van der Waals surface area contributed by atoms with Crippen molar-refractivity contribution in [1.29, 1.82) is 0 Å². The van der Waals surface area contributed by atoms with Crippen molar-refractivity contribution in [2.75, 3.05) is 11.9 Å². The maximum Gasteiger partial charge on any atom is 0.292 e. The predicted octanol–water partition coefficient (Wildman–Crippen LogP) is 3.58. The van der Waals surface area contributed by atoms with E-state index in [1.54, 1.807) is 29.7 Å². The van der Waals surface area contributed by atoms with Crippen LogP contribution in [0.2, 0.25) is 0 Å². The Morgan fingerprint density at radius 3 is 2.95 bits per heavy atom. The van der Waals surface area contributed by atoms with Crippen molar-refractivity contribution in [3.05, 3.63) is 50.5 Å². The van der Waals surface area contributed by atoms with E-state index in [0.29, 0.717) is 12.2 Å². The van der Waals surface area contributed by atoms with Crippen LogP contribution in [-0.2, 0) is 0 Å². The van der Waals surface area contributed by atoms with Gasteiger partial charge in [0.15, 0.2) is 0 Å². The van der Waals surface area contributed by atoms with Crippen LogP contribution in [-0.4, -0.2) is 16.5 Å². The highest BCUT2D eigenvalue weighted by molar-refractivity contribution is 7.09. The highest BCUT2D eigenvalue weighted by Gasteiger charge is 2.15.